The van der Waals surface area contributed by atoms with E-state index in [1.165, 1.54) is 6.20 Å². The van der Waals surface area contributed by atoms with Crippen LogP contribution in [0.5, 0.6) is 0 Å². The molecule has 1 aliphatic rings. The highest BCUT2D eigenvalue weighted by Crippen LogP contribution is 2.19. The Bertz CT molecular complexity index is 754. The van der Waals surface area contributed by atoms with Gasteiger partial charge >= 0.3 is 0 Å². The molecule has 0 atom stereocenters. The average molecular weight is 312 g/mol. The summed E-state index contributed by atoms with van der Waals surface area (Å²) in [4.78, 5) is 15.8. The van der Waals surface area contributed by atoms with Gasteiger partial charge in [0.05, 0.1) is 11.2 Å². The summed E-state index contributed by atoms with van der Waals surface area (Å²) in [6.07, 6.45) is 3.10. The molecule has 7 nitrogen and oxygen atoms in total. The van der Waals surface area contributed by atoms with Crippen LogP contribution in [0.1, 0.15) is 27.6 Å². The number of nitrogens with one attached hydrogen (secondary N) is 1. The maximum atomic E-state index is 12.0. The van der Waals surface area contributed by atoms with Crippen molar-refractivity contribution in [3.05, 3.63) is 28.7 Å². The normalized spacial score (nSPS) is 14.2. The van der Waals surface area contributed by atoms with Gasteiger partial charge in [-0.1, -0.05) is 0 Å². The zero-order valence-electron chi connectivity index (χ0n) is 10.7. The number of nitrogens with zero attached hydrogens (tertiary/aromatic N) is 3. The average Bonchev–Trinajstić information content (AvgIpc) is 3.01. The van der Waals surface area contributed by atoms with E-state index in [4.69, 9.17) is 0 Å². The van der Waals surface area contributed by atoms with Crippen LogP contribution in [0, 0.1) is 6.92 Å². The first-order valence-corrected chi connectivity index (χ1v) is 8.32. The van der Waals surface area contributed by atoms with Crippen molar-refractivity contribution in [2.24, 2.45) is 0 Å². The predicted molar refractivity (Wildman–Crippen MR) is 72.1 cm³/mol. The molecule has 1 aliphatic heterocycles. The second kappa shape index (κ2) is 4.67. The lowest BCUT2D eigenvalue weighted by molar-refractivity contribution is 0.0975. The fraction of sp³-hybridized carbons (Fsp3) is 0.364. The molecule has 2 aromatic rings. The number of amides is 1. The fourth-order valence-corrected chi connectivity index (χ4v) is 4.13. The van der Waals surface area contributed by atoms with E-state index in [0.717, 1.165) is 36.4 Å². The first kappa shape index (κ1) is 13.3. The summed E-state index contributed by atoms with van der Waals surface area (Å²) in [7, 11) is -3.87. The Labute approximate surface area is 119 Å². The number of hydrogen-bond acceptors (Lipinski definition) is 6. The van der Waals surface area contributed by atoms with E-state index in [1.807, 2.05) is 4.72 Å². The third-order valence-electron chi connectivity index (χ3n) is 2.99. The van der Waals surface area contributed by atoms with Gasteiger partial charge in [0.2, 0.25) is 0 Å². The number of sulfonamides is 1. The van der Waals surface area contributed by atoms with Gasteiger partial charge < -0.3 is 0 Å². The zero-order chi connectivity index (χ0) is 14.3. The van der Waals surface area contributed by atoms with Crippen LogP contribution in [0.25, 0.3) is 0 Å². The molecule has 0 saturated carbocycles. The number of thiazole rings is 1. The Balaban J connectivity index is 1.81. The van der Waals surface area contributed by atoms with Crippen LogP contribution in [0.15, 0.2) is 16.5 Å². The van der Waals surface area contributed by atoms with Gasteiger partial charge in [0.1, 0.15) is 0 Å². The molecule has 0 bridgehead atoms. The number of hydrogen-bond donors (Lipinski definition) is 1. The summed E-state index contributed by atoms with van der Waals surface area (Å²) in [6, 6.07) is 1.63. The quantitative estimate of drug-likeness (QED) is 0.901. The van der Waals surface area contributed by atoms with Gasteiger partial charge in [-0.25, -0.2) is 18.1 Å². The molecule has 0 radical (unpaired) electrons. The van der Waals surface area contributed by atoms with Crippen LogP contribution in [0.2, 0.25) is 0 Å². The minimum absolute atomic E-state index is 0.0232. The van der Waals surface area contributed by atoms with Crippen LogP contribution >= 0.6 is 11.3 Å². The second-order valence-corrected chi connectivity index (χ2v) is 7.62. The molecule has 0 fully saturated rings. The molecule has 0 spiro atoms. The minimum Gasteiger partial charge on any atom is -0.269 e. The van der Waals surface area contributed by atoms with E-state index in [0.29, 0.717) is 5.01 Å². The fourth-order valence-electron chi connectivity index (χ4n) is 2.06. The van der Waals surface area contributed by atoms with Gasteiger partial charge in [-0.2, -0.15) is 5.10 Å². The summed E-state index contributed by atoms with van der Waals surface area (Å²) >= 11 is 1.02. The van der Waals surface area contributed by atoms with E-state index < -0.39 is 15.9 Å². The number of fused-ring (bicyclic) bond motifs is 1. The number of aromatic nitrogens is 3. The smallest absolute Gasteiger partial charge is 0.269 e. The molecule has 20 heavy (non-hydrogen) atoms. The van der Waals surface area contributed by atoms with Crippen molar-refractivity contribution >= 4 is 27.3 Å². The molecule has 106 valence electrons. The van der Waals surface area contributed by atoms with E-state index >= 15 is 0 Å². The topological polar surface area (TPSA) is 94.0 Å². The summed E-state index contributed by atoms with van der Waals surface area (Å²) in [5, 5.41) is 4.73. The Hall–Kier alpha value is -1.74. The lowest BCUT2D eigenvalue weighted by atomic mass is 10.3. The number of aryl methyl sites for hydroxylation is 3. The van der Waals surface area contributed by atoms with Crippen LogP contribution in [-0.2, 0) is 23.0 Å². The SMILES string of the molecule is Cc1ncc(S(=O)(=O)NC(=O)c2cc3n(n2)CCC3)s1. The molecule has 0 aromatic carbocycles. The minimum atomic E-state index is -3.87. The third kappa shape index (κ3) is 2.34. The summed E-state index contributed by atoms with van der Waals surface area (Å²) in [5.41, 5.74) is 1.09. The van der Waals surface area contributed by atoms with E-state index in [-0.39, 0.29) is 9.90 Å². The summed E-state index contributed by atoms with van der Waals surface area (Å²) < 4.78 is 27.8. The van der Waals surface area contributed by atoms with Gasteiger partial charge in [0.25, 0.3) is 15.9 Å². The van der Waals surface area contributed by atoms with E-state index in [9.17, 15) is 13.2 Å². The van der Waals surface area contributed by atoms with Crippen molar-refractivity contribution in [3.63, 3.8) is 0 Å². The Morgan fingerprint density at radius 2 is 2.30 bits per heavy atom. The van der Waals surface area contributed by atoms with Gasteiger partial charge in [-0.15, -0.1) is 11.3 Å². The molecule has 1 N–H and O–H groups in total. The molecule has 2 aromatic heterocycles. The molecule has 3 heterocycles. The second-order valence-electron chi connectivity index (χ2n) is 4.48. The van der Waals surface area contributed by atoms with Gasteiger partial charge in [0.15, 0.2) is 9.90 Å². The van der Waals surface area contributed by atoms with Gasteiger partial charge in [-0.05, 0) is 25.8 Å². The van der Waals surface area contributed by atoms with Crippen molar-refractivity contribution < 1.29 is 13.2 Å². The number of carbonyl (C=O) groups excluding carboxylic acids is 1. The molecular formula is C11H12N4O3S2. The van der Waals surface area contributed by atoms with Crippen molar-refractivity contribution in [3.8, 4) is 0 Å². The van der Waals surface area contributed by atoms with Crippen LogP contribution in [0.3, 0.4) is 0 Å². The van der Waals surface area contributed by atoms with Crippen molar-refractivity contribution in [1.82, 2.24) is 19.5 Å². The first-order valence-electron chi connectivity index (χ1n) is 6.02. The molecule has 1 amide bonds. The highest BCUT2D eigenvalue weighted by Gasteiger charge is 2.24. The molecule has 3 rings (SSSR count). The monoisotopic (exact) mass is 312 g/mol. The molecule has 0 unspecified atom stereocenters. The van der Waals surface area contributed by atoms with Crippen LogP contribution in [-0.4, -0.2) is 29.1 Å². The maximum Gasteiger partial charge on any atom is 0.285 e. The Kier molecular flexibility index (Phi) is 3.09. The van der Waals surface area contributed by atoms with Gasteiger partial charge in [-0.3, -0.25) is 9.48 Å². The molecular weight excluding hydrogens is 300 g/mol. The molecule has 0 saturated heterocycles. The lowest BCUT2D eigenvalue weighted by Gasteiger charge is -2.02. The largest absolute Gasteiger partial charge is 0.285 e. The van der Waals surface area contributed by atoms with Crippen LogP contribution < -0.4 is 4.72 Å². The third-order valence-corrected chi connectivity index (χ3v) is 5.70. The highest BCUT2D eigenvalue weighted by molar-refractivity contribution is 7.92. The zero-order valence-corrected chi connectivity index (χ0v) is 12.3. The standard InChI is InChI=1S/C11H12N4O3S2/c1-7-12-6-10(19-7)20(17,18)14-11(16)9-5-8-3-2-4-15(8)13-9/h5-6H,2-4H2,1H3,(H,14,16). The van der Waals surface area contributed by atoms with Gasteiger partial charge in [0, 0.05) is 12.2 Å². The van der Waals surface area contributed by atoms with E-state index in [1.54, 1.807) is 17.7 Å². The lowest BCUT2D eigenvalue weighted by Crippen LogP contribution is -2.30. The Morgan fingerprint density at radius 3 is 2.95 bits per heavy atom. The van der Waals surface area contributed by atoms with E-state index in [2.05, 4.69) is 10.1 Å². The number of carbonyl (C=O) groups is 1. The summed E-state index contributed by atoms with van der Waals surface area (Å²) in [5.74, 6) is -0.710. The molecule has 9 heteroatoms. The predicted octanol–water partition coefficient (Wildman–Crippen LogP) is 0.713. The van der Waals surface area contributed by atoms with Crippen molar-refractivity contribution in [1.29, 1.82) is 0 Å². The van der Waals surface area contributed by atoms with Crippen molar-refractivity contribution in [2.45, 2.75) is 30.5 Å². The Morgan fingerprint density at radius 1 is 1.50 bits per heavy atom. The van der Waals surface area contributed by atoms with Crippen molar-refractivity contribution in [2.75, 3.05) is 0 Å². The summed E-state index contributed by atoms with van der Waals surface area (Å²) in [6.45, 7) is 2.47. The maximum absolute atomic E-state index is 12.0. The van der Waals surface area contributed by atoms with Crippen LogP contribution in [0.4, 0.5) is 0 Å². The molecule has 0 aliphatic carbocycles. The highest BCUT2D eigenvalue weighted by atomic mass is 32.2. The first-order chi connectivity index (χ1) is 9.45. The number of rotatable bonds is 3.